The number of allylic oxidation sites excluding steroid dienone is 56. The zero-order valence-electron chi connectivity index (χ0n) is 40.6. The summed E-state index contributed by atoms with van der Waals surface area (Å²) in [6.45, 7) is 5.02. The third kappa shape index (κ3) is 5.12. The summed E-state index contributed by atoms with van der Waals surface area (Å²) in [6.07, 6.45) is 82.5. The van der Waals surface area contributed by atoms with E-state index >= 15 is 0 Å². The first kappa shape index (κ1) is 39.6. The lowest BCUT2D eigenvalue weighted by molar-refractivity contribution is 0.798. The van der Waals surface area contributed by atoms with Crippen LogP contribution in [-0.4, -0.2) is 0 Å². The van der Waals surface area contributed by atoms with Gasteiger partial charge in [-0.05, 0) is 195 Å². The zero-order chi connectivity index (χ0) is 47.1. The molecule has 5 unspecified atom stereocenters. The summed E-state index contributed by atoms with van der Waals surface area (Å²) in [5.74, 6) is 0.973. The first-order valence-corrected chi connectivity index (χ1v) is 26.4. The third-order valence-corrected chi connectivity index (χ3v) is 18.7. The van der Waals surface area contributed by atoms with Gasteiger partial charge in [-0.2, -0.15) is 0 Å². The fourth-order valence-corrected chi connectivity index (χ4v) is 15.7. The Morgan fingerprint density at radius 3 is 1.69 bits per heavy atom. The molecule has 0 heterocycles. The highest BCUT2D eigenvalue weighted by Crippen LogP contribution is 2.60. The predicted octanol–water partition coefficient (Wildman–Crippen LogP) is 16.7. The Balaban J connectivity index is 0.981. The summed E-state index contributed by atoms with van der Waals surface area (Å²) in [5.41, 5.74) is 41.0. The van der Waals surface area contributed by atoms with E-state index in [1.54, 1.807) is 0 Å². The van der Waals surface area contributed by atoms with E-state index < -0.39 is 0 Å². The minimum atomic E-state index is 0.0431. The van der Waals surface area contributed by atoms with Crippen LogP contribution in [0.15, 0.2) is 312 Å². The minimum absolute atomic E-state index is 0.0431. The number of rotatable bonds is 4. The van der Waals surface area contributed by atoms with Gasteiger partial charge in [-0.25, -0.2) is 0 Å². The normalized spacial score (nSPS) is 28.9. The third-order valence-electron chi connectivity index (χ3n) is 18.7. The molecular formula is C72H50. The van der Waals surface area contributed by atoms with Gasteiger partial charge in [0.1, 0.15) is 0 Å². The monoisotopic (exact) mass is 914 g/mol. The van der Waals surface area contributed by atoms with Gasteiger partial charge in [0, 0.05) is 29.6 Å². The molecule has 16 aliphatic carbocycles. The summed E-state index contributed by atoms with van der Waals surface area (Å²) < 4.78 is 0. The average Bonchev–Trinajstić information content (AvgIpc) is 3.43. The van der Waals surface area contributed by atoms with Crippen LogP contribution in [0.5, 0.6) is 0 Å². The van der Waals surface area contributed by atoms with E-state index in [4.69, 9.17) is 0 Å². The molecule has 338 valence electrons. The van der Waals surface area contributed by atoms with Crippen molar-refractivity contribution in [3.8, 4) is 0 Å². The van der Waals surface area contributed by atoms with E-state index in [2.05, 4.69) is 214 Å². The summed E-state index contributed by atoms with van der Waals surface area (Å²) in [7, 11) is 0. The summed E-state index contributed by atoms with van der Waals surface area (Å²) >= 11 is 0. The van der Waals surface area contributed by atoms with Gasteiger partial charge in [-0.3, -0.25) is 0 Å². The molecule has 0 bridgehead atoms. The van der Waals surface area contributed by atoms with Crippen LogP contribution < -0.4 is 0 Å². The van der Waals surface area contributed by atoms with E-state index in [9.17, 15) is 0 Å². The molecule has 72 heavy (non-hydrogen) atoms. The molecule has 0 aromatic heterocycles. The van der Waals surface area contributed by atoms with Crippen LogP contribution in [0, 0.1) is 37.5 Å². The van der Waals surface area contributed by atoms with E-state index in [1.807, 2.05) is 0 Å². The first-order chi connectivity index (χ1) is 35.6. The van der Waals surface area contributed by atoms with Crippen LogP contribution >= 0.6 is 0 Å². The van der Waals surface area contributed by atoms with Crippen LogP contribution in [0.3, 0.4) is 0 Å². The van der Waals surface area contributed by atoms with E-state index in [0.29, 0.717) is 0 Å². The Bertz CT molecular complexity index is 4000. The summed E-state index contributed by atoms with van der Waals surface area (Å²) in [5, 5.41) is 0. The van der Waals surface area contributed by atoms with Crippen LogP contribution in [0.2, 0.25) is 0 Å². The van der Waals surface area contributed by atoms with Gasteiger partial charge in [-0.15, -0.1) is 0 Å². The predicted molar refractivity (Wildman–Crippen MR) is 298 cm³/mol. The highest BCUT2D eigenvalue weighted by Gasteiger charge is 2.44. The van der Waals surface area contributed by atoms with Crippen LogP contribution in [-0.2, 0) is 0 Å². The Labute approximate surface area is 422 Å². The first-order valence-electron chi connectivity index (χ1n) is 26.4. The number of hydrogen-bond donors (Lipinski definition) is 0. The molecule has 0 saturated carbocycles. The maximum absolute atomic E-state index is 2.61. The van der Waals surface area contributed by atoms with Crippen molar-refractivity contribution < 1.29 is 0 Å². The van der Waals surface area contributed by atoms with Crippen molar-refractivity contribution in [2.45, 2.75) is 39.0 Å². The maximum atomic E-state index is 2.61. The molecule has 16 aliphatic rings. The molecule has 0 aliphatic heterocycles. The van der Waals surface area contributed by atoms with Gasteiger partial charge in [0.15, 0.2) is 0 Å². The second-order valence-corrected chi connectivity index (χ2v) is 22.0. The lowest BCUT2D eigenvalue weighted by Gasteiger charge is -2.42. The second-order valence-electron chi connectivity index (χ2n) is 22.0. The highest BCUT2D eigenvalue weighted by molar-refractivity contribution is 6.02. The van der Waals surface area contributed by atoms with Crippen molar-refractivity contribution in [2.75, 3.05) is 0 Å². The Morgan fingerprint density at radius 1 is 0.361 bits per heavy atom. The van der Waals surface area contributed by atoms with Crippen LogP contribution in [0.4, 0.5) is 0 Å². The fraction of sp³-hybridized carbons (Fsp3) is 0.139. The van der Waals surface area contributed by atoms with Gasteiger partial charge >= 0.3 is 0 Å². The SMILES string of the molecule is Cc1c(C2=C3C=CC4=C5C(=CC=C(C=C2)C35)CC=C4)c(C2=CC=C3C=CC4=C5C(=CC=C2C35)CC=C4)c(C)c(C2C=CC3=C4C2=CC=C2C=CC=C(C=C3)C24)c1C1=CCC2=CC=C3C=CC=C4C=CC1=C2C43. The lowest BCUT2D eigenvalue weighted by Crippen LogP contribution is -2.26. The minimum Gasteiger partial charge on any atom is -0.0795 e. The number of benzene rings is 1. The van der Waals surface area contributed by atoms with Crippen molar-refractivity contribution in [2.24, 2.45) is 23.7 Å². The standard InChI is InChI=1S/C72H50/c1-39-61(53-31-27-49-19-15-41-7-3-11-45-23-35-57(53)69(49)65(41)45)63(55-33-29-51-21-17-43-9-5-13-47-25-37-59(55)71(51)67(43)47)40(2)64(56-34-30-52-22-18-44-10-6-14-48-26-38-60(56)72(52)68(44)48)62(39)54-32-28-50-20-16-42-8-4-12-46-24-36-58(54)70(50)66(42)46/h3-9,11,13-28,30-38,53,65,67,70,72H,10,12,29H2,1-2H3. The van der Waals surface area contributed by atoms with Gasteiger partial charge in [0.25, 0.3) is 0 Å². The molecule has 0 nitrogen and oxygen atoms in total. The maximum Gasteiger partial charge on any atom is 0.0354 e. The van der Waals surface area contributed by atoms with Crippen molar-refractivity contribution >= 4 is 16.7 Å². The molecule has 0 spiro atoms. The molecule has 0 saturated heterocycles. The topological polar surface area (TPSA) is 0 Å². The Morgan fingerprint density at radius 2 is 0.931 bits per heavy atom. The van der Waals surface area contributed by atoms with Crippen LogP contribution in [0.1, 0.15) is 58.6 Å². The van der Waals surface area contributed by atoms with Crippen molar-refractivity contribution in [1.29, 1.82) is 0 Å². The Kier molecular flexibility index (Phi) is 7.87. The molecular weight excluding hydrogens is 865 g/mol. The molecule has 5 atom stereocenters. The van der Waals surface area contributed by atoms with Crippen LogP contribution in [0.25, 0.3) is 16.7 Å². The molecule has 0 radical (unpaired) electrons. The molecule has 17 rings (SSSR count). The molecule has 0 N–H and O–H groups in total. The quantitative estimate of drug-likeness (QED) is 0.282. The van der Waals surface area contributed by atoms with Crippen molar-refractivity contribution in [1.82, 2.24) is 0 Å². The number of hydrogen-bond acceptors (Lipinski definition) is 0. The van der Waals surface area contributed by atoms with Gasteiger partial charge in [-0.1, -0.05) is 201 Å². The average molecular weight is 915 g/mol. The highest BCUT2D eigenvalue weighted by atomic mass is 14.5. The van der Waals surface area contributed by atoms with E-state index in [0.717, 1.165) is 19.3 Å². The van der Waals surface area contributed by atoms with Crippen molar-refractivity contribution in [3.63, 3.8) is 0 Å². The smallest absolute Gasteiger partial charge is 0.0354 e. The fourth-order valence-electron chi connectivity index (χ4n) is 15.7. The van der Waals surface area contributed by atoms with E-state index in [1.165, 1.54) is 162 Å². The van der Waals surface area contributed by atoms with Gasteiger partial charge in [0.05, 0.1) is 0 Å². The zero-order valence-corrected chi connectivity index (χ0v) is 40.6. The lowest BCUT2D eigenvalue weighted by atomic mass is 9.61. The van der Waals surface area contributed by atoms with E-state index in [-0.39, 0.29) is 29.6 Å². The van der Waals surface area contributed by atoms with Crippen molar-refractivity contribution in [3.05, 3.63) is 345 Å². The molecule has 0 fully saturated rings. The summed E-state index contributed by atoms with van der Waals surface area (Å²) in [6, 6.07) is 0. The molecule has 0 heteroatoms. The van der Waals surface area contributed by atoms with Gasteiger partial charge in [0.2, 0.25) is 0 Å². The Hall–Kier alpha value is -8.06. The van der Waals surface area contributed by atoms with Gasteiger partial charge < -0.3 is 0 Å². The largest absolute Gasteiger partial charge is 0.0795 e. The molecule has 1 aromatic rings. The molecule has 1 aromatic carbocycles. The molecule has 0 amide bonds. The second kappa shape index (κ2) is 14.3. The summed E-state index contributed by atoms with van der Waals surface area (Å²) in [4.78, 5) is 0.